The van der Waals surface area contributed by atoms with Crippen molar-refractivity contribution in [3.05, 3.63) is 22.1 Å². The van der Waals surface area contributed by atoms with E-state index in [1.165, 1.54) is 0 Å². The van der Waals surface area contributed by atoms with E-state index in [9.17, 15) is 24.1 Å². The minimum Gasteiger partial charge on any atom is -0.468 e. The van der Waals surface area contributed by atoms with Crippen molar-refractivity contribution in [2.45, 2.75) is 0 Å². The fraction of sp³-hybridized carbons (Fsp3) is 0.462. The summed E-state index contributed by atoms with van der Waals surface area (Å²) in [5.74, 6) is -2.60. The van der Waals surface area contributed by atoms with Crippen molar-refractivity contribution in [2.24, 2.45) is 22.7 Å². The molecule has 0 aromatic carbocycles. The average molecular weight is 312 g/mol. The summed E-state index contributed by atoms with van der Waals surface area (Å²) in [5.41, 5.74) is 0. The van der Waals surface area contributed by atoms with E-state index in [4.69, 9.17) is 0 Å². The number of hydrogen-bond acceptors (Lipinski definition) is 7. The monoisotopic (exact) mass is 312 g/mol. The number of nitro groups is 1. The summed E-state index contributed by atoms with van der Waals surface area (Å²) < 4.78 is 23.0. The molecule has 0 aliphatic carbocycles. The highest BCUT2D eigenvalue weighted by Crippen LogP contribution is 2.30. The zero-order chi connectivity index (χ0) is 16.7. The number of hydrogen-bond donors (Lipinski definition) is 0. The Kier molecular flexibility index (Phi) is 6.19. The third-order valence-electron chi connectivity index (χ3n) is 3.00. The molecule has 9 heteroatoms. The van der Waals surface area contributed by atoms with Crippen molar-refractivity contribution >= 4 is 18.2 Å². The molecular formula is C13H13FN2O6. The molecule has 2 unspecified atom stereocenters. The predicted octanol–water partition coefficient (Wildman–Crippen LogP) is 0.356. The lowest BCUT2D eigenvalue weighted by molar-refractivity contribution is -0.490. The van der Waals surface area contributed by atoms with Gasteiger partial charge in [0.1, 0.15) is 5.83 Å². The van der Waals surface area contributed by atoms with E-state index in [1.807, 2.05) is 0 Å². The summed E-state index contributed by atoms with van der Waals surface area (Å²) in [4.78, 5) is 37.2. The van der Waals surface area contributed by atoms with Crippen LogP contribution in [0.5, 0.6) is 0 Å². The molecule has 0 aromatic heterocycles. The highest BCUT2D eigenvalue weighted by molar-refractivity contribution is 5.95. The third kappa shape index (κ3) is 4.12. The number of ether oxygens (including phenoxy) is 2. The topological polar surface area (TPSA) is 108 Å². The molecule has 0 radical (unpaired) electrons. The van der Waals surface area contributed by atoms with Gasteiger partial charge in [0.2, 0.25) is 6.54 Å². The second-order valence-electron chi connectivity index (χ2n) is 4.26. The lowest BCUT2D eigenvalue weighted by Gasteiger charge is -2.23. The zero-order valence-electron chi connectivity index (χ0n) is 11.8. The Labute approximate surface area is 125 Å². The molecule has 1 aliphatic rings. The number of esters is 2. The van der Waals surface area contributed by atoms with Gasteiger partial charge in [0.25, 0.3) is 0 Å². The molecule has 2 atom stereocenters. The molecule has 118 valence electrons. The maximum atomic E-state index is 14.0. The highest BCUT2D eigenvalue weighted by atomic mass is 19.1. The average Bonchev–Trinajstić information content (AvgIpc) is 2.70. The molecule has 0 fully saturated rings. The molecule has 0 saturated carbocycles. The van der Waals surface area contributed by atoms with E-state index in [1.54, 1.807) is 0 Å². The van der Waals surface area contributed by atoms with Crippen LogP contribution in [0.3, 0.4) is 0 Å². The van der Waals surface area contributed by atoms with Gasteiger partial charge in [-0.1, -0.05) is 11.8 Å². The largest absolute Gasteiger partial charge is 0.468 e. The van der Waals surface area contributed by atoms with Crippen LogP contribution in [0.4, 0.5) is 4.39 Å². The Morgan fingerprint density at radius 1 is 1.45 bits per heavy atom. The summed E-state index contributed by atoms with van der Waals surface area (Å²) in [6, 6.07) is 0. The second-order valence-corrected chi connectivity index (χ2v) is 4.26. The fourth-order valence-electron chi connectivity index (χ4n) is 2.01. The van der Waals surface area contributed by atoms with Gasteiger partial charge in [-0.3, -0.25) is 24.7 Å². The number of methoxy groups -OCH3 is 2. The fourth-order valence-corrected chi connectivity index (χ4v) is 2.01. The molecule has 1 rings (SSSR count). The molecule has 22 heavy (non-hydrogen) atoms. The summed E-state index contributed by atoms with van der Waals surface area (Å²) in [7, 11) is 2.02. The summed E-state index contributed by atoms with van der Waals surface area (Å²) in [6.07, 6.45) is 1.92. The minimum atomic E-state index is -1.67. The van der Waals surface area contributed by atoms with E-state index >= 15 is 0 Å². The van der Waals surface area contributed by atoms with Crippen LogP contribution >= 0.6 is 0 Å². The number of nitrogens with zero attached hydrogens (tertiary/aromatic N) is 2. The molecule has 0 spiro atoms. The van der Waals surface area contributed by atoms with Crippen LogP contribution in [0, 0.1) is 39.7 Å². The molecule has 0 saturated heterocycles. The van der Waals surface area contributed by atoms with Crippen LogP contribution in [0.2, 0.25) is 0 Å². The van der Waals surface area contributed by atoms with Gasteiger partial charge in [0, 0.05) is 4.92 Å². The molecule has 8 nitrogen and oxygen atoms in total. The number of carbonyl (C=O) groups is 2. The molecule has 0 bridgehead atoms. The maximum absolute atomic E-state index is 14.0. The zero-order valence-corrected chi connectivity index (χ0v) is 11.8. The van der Waals surface area contributed by atoms with Gasteiger partial charge in [0.05, 0.1) is 38.5 Å². The Balaban J connectivity index is 3.29. The first-order valence-corrected chi connectivity index (χ1v) is 6.08. The highest BCUT2D eigenvalue weighted by Gasteiger charge is 2.45. The smallest absolute Gasteiger partial charge is 0.320 e. The van der Waals surface area contributed by atoms with Crippen molar-refractivity contribution in [1.82, 2.24) is 0 Å². The van der Waals surface area contributed by atoms with Crippen LogP contribution < -0.4 is 0 Å². The number of aliphatic imine (C=N–C) groups is 1. The van der Waals surface area contributed by atoms with Gasteiger partial charge in [-0.15, -0.1) is 0 Å². The van der Waals surface area contributed by atoms with Crippen molar-refractivity contribution in [3.63, 3.8) is 0 Å². The molecular weight excluding hydrogens is 299 g/mol. The first-order valence-electron chi connectivity index (χ1n) is 6.08. The first-order chi connectivity index (χ1) is 10.4. The van der Waals surface area contributed by atoms with Crippen molar-refractivity contribution in [3.8, 4) is 11.8 Å². The molecule has 0 aromatic rings. The van der Waals surface area contributed by atoms with Crippen LogP contribution in [-0.4, -0.2) is 43.8 Å². The first kappa shape index (κ1) is 17.3. The van der Waals surface area contributed by atoms with E-state index < -0.39 is 47.0 Å². The summed E-state index contributed by atoms with van der Waals surface area (Å²) in [6.45, 7) is -0.866. The standard InChI is InChI=1S/C13H13FN2O6/c1-21-12(17)11(13(18)22-2)9(7-16(19)20)8-4-3-5-15-6-10(8)14/h5-6,8-9,11H,7H2,1-2H3. The Hall–Kier alpha value is -2.76. The maximum Gasteiger partial charge on any atom is 0.320 e. The number of allylic oxidation sites excluding steroid dienone is 1. The second kappa shape index (κ2) is 7.87. The van der Waals surface area contributed by atoms with Gasteiger partial charge in [0.15, 0.2) is 5.92 Å². The Morgan fingerprint density at radius 3 is 2.55 bits per heavy atom. The normalized spacial score (nSPS) is 17.6. The molecule has 1 aliphatic heterocycles. The lowest BCUT2D eigenvalue weighted by Crippen LogP contribution is -2.40. The van der Waals surface area contributed by atoms with Crippen molar-refractivity contribution < 1.29 is 28.4 Å². The van der Waals surface area contributed by atoms with Crippen LogP contribution in [-0.2, 0) is 19.1 Å². The van der Waals surface area contributed by atoms with E-state index in [2.05, 4.69) is 26.3 Å². The van der Waals surface area contributed by atoms with E-state index in [0.717, 1.165) is 26.6 Å². The Morgan fingerprint density at radius 2 is 2.05 bits per heavy atom. The van der Waals surface area contributed by atoms with Crippen LogP contribution in [0.1, 0.15) is 0 Å². The quantitative estimate of drug-likeness (QED) is 0.230. The summed E-state index contributed by atoms with van der Waals surface area (Å²) >= 11 is 0. The molecule has 1 heterocycles. The van der Waals surface area contributed by atoms with Crippen molar-refractivity contribution in [2.75, 3.05) is 20.8 Å². The number of rotatable bonds is 6. The Bertz CT molecular complexity index is 573. The number of halogens is 1. The lowest BCUT2D eigenvalue weighted by atomic mass is 9.80. The van der Waals surface area contributed by atoms with E-state index in [-0.39, 0.29) is 0 Å². The van der Waals surface area contributed by atoms with E-state index in [0.29, 0.717) is 0 Å². The molecule has 0 N–H and O–H groups in total. The predicted molar refractivity (Wildman–Crippen MR) is 71.8 cm³/mol. The van der Waals surface area contributed by atoms with Crippen LogP contribution in [0.15, 0.2) is 17.0 Å². The van der Waals surface area contributed by atoms with Gasteiger partial charge >= 0.3 is 11.9 Å². The van der Waals surface area contributed by atoms with Gasteiger partial charge < -0.3 is 9.47 Å². The van der Waals surface area contributed by atoms with Gasteiger partial charge in [-0.25, -0.2) is 4.39 Å². The van der Waals surface area contributed by atoms with Gasteiger partial charge in [-0.2, -0.15) is 0 Å². The van der Waals surface area contributed by atoms with Crippen molar-refractivity contribution in [1.29, 1.82) is 0 Å². The summed E-state index contributed by atoms with van der Waals surface area (Å²) in [5, 5.41) is 10.9. The molecule has 0 amide bonds. The SMILES string of the molecule is COC(=O)C(C(=O)OC)C(C[N+](=O)[O-])C1C#CC=NC=C1F. The van der Waals surface area contributed by atoms with Crippen LogP contribution in [0.25, 0.3) is 0 Å². The third-order valence-corrected chi connectivity index (χ3v) is 3.00. The minimum absolute atomic E-state index is 0.760. The van der Waals surface area contributed by atoms with Gasteiger partial charge in [-0.05, 0) is 0 Å². The number of carbonyl (C=O) groups excluding carboxylic acids is 2.